The fourth-order valence-corrected chi connectivity index (χ4v) is 1.62. The van der Waals surface area contributed by atoms with Gasteiger partial charge in [0, 0.05) is 32.3 Å². The topological polar surface area (TPSA) is 75.5 Å². The van der Waals surface area contributed by atoms with Gasteiger partial charge in [0.15, 0.2) is 0 Å². The van der Waals surface area contributed by atoms with Gasteiger partial charge in [-0.1, -0.05) is 12.1 Å². The minimum absolute atomic E-state index is 0.00734. The summed E-state index contributed by atoms with van der Waals surface area (Å²) >= 11 is 0. The predicted molar refractivity (Wildman–Crippen MR) is 72.7 cm³/mol. The lowest BCUT2D eigenvalue weighted by Gasteiger charge is -2.20. The molecule has 0 fully saturated rings. The van der Waals surface area contributed by atoms with E-state index in [4.69, 9.17) is 0 Å². The van der Waals surface area contributed by atoms with E-state index < -0.39 is 4.92 Å². The van der Waals surface area contributed by atoms with Crippen LogP contribution >= 0.6 is 0 Å². The molecule has 0 aliphatic rings. The molecule has 6 nitrogen and oxygen atoms in total. The average Bonchev–Trinajstić information content (AvgIpc) is 2.43. The van der Waals surface area contributed by atoms with E-state index in [0.717, 1.165) is 5.56 Å². The van der Waals surface area contributed by atoms with Crippen molar-refractivity contribution in [2.75, 3.05) is 13.6 Å². The van der Waals surface area contributed by atoms with E-state index in [9.17, 15) is 14.9 Å². The maximum Gasteiger partial charge on any atom is 0.269 e. The van der Waals surface area contributed by atoms with Gasteiger partial charge in [-0.15, -0.1) is 0 Å². The molecule has 0 spiro atoms. The zero-order valence-electron chi connectivity index (χ0n) is 11.4. The van der Waals surface area contributed by atoms with Crippen molar-refractivity contribution in [1.29, 1.82) is 0 Å². The Labute approximate surface area is 112 Å². The summed E-state index contributed by atoms with van der Waals surface area (Å²) in [5.41, 5.74) is 0.844. The third-order valence-corrected chi connectivity index (χ3v) is 2.95. The van der Waals surface area contributed by atoms with Crippen LogP contribution in [-0.2, 0) is 11.3 Å². The first-order valence-corrected chi connectivity index (χ1v) is 6.17. The van der Waals surface area contributed by atoms with Crippen LogP contribution in [0.2, 0.25) is 0 Å². The molecule has 104 valence electrons. The summed E-state index contributed by atoms with van der Waals surface area (Å²) < 4.78 is 0. The Bertz CT molecular complexity index is 462. The molecule has 0 radical (unpaired) electrons. The van der Waals surface area contributed by atoms with Crippen molar-refractivity contribution >= 4 is 11.6 Å². The summed E-state index contributed by atoms with van der Waals surface area (Å²) in [5.74, 6) is 0.00734. The maximum atomic E-state index is 11.8. The zero-order chi connectivity index (χ0) is 14.4. The number of benzene rings is 1. The molecule has 0 saturated carbocycles. The molecule has 0 aliphatic carbocycles. The number of nitrogens with zero attached hydrogens (tertiary/aromatic N) is 2. The van der Waals surface area contributed by atoms with Crippen LogP contribution in [0, 0.1) is 10.1 Å². The van der Waals surface area contributed by atoms with Gasteiger partial charge < -0.3 is 10.2 Å². The van der Waals surface area contributed by atoms with Crippen LogP contribution < -0.4 is 5.32 Å². The van der Waals surface area contributed by atoms with Crippen LogP contribution in [-0.4, -0.2) is 35.4 Å². The molecule has 19 heavy (non-hydrogen) atoms. The highest BCUT2D eigenvalue weighted by Crippen LogP contribution is 2.12. The molecular formula is C13H19N3O3. The molecule has 1 unspecified atom stereocenters. The van der Waals surface area contributed by atoms with Crippen molar-refractivity contribution in [2.45, 2.75) is 26.4 Å². The molecule has 1 atom stereocenters. The monoisotopic (exact) mass is 265 g/mol. The van der Waals surface area contributed by atoms with Crippen LogP contribution in [0.5, 0.6) is 0 Å². The van der Waals surface area contributed by atoms with Crippen molar-refractivity contribution in [3.8, 4) is 0 Å². The SMILES string of the molecule is CCN(C)C(=O)C(C)NCc1cccc([N+](=O)[O-])c1. The summed E-state index contributed by atoms with van der Waals surface area (Å²) in [6.07, 6.45) is 0. The van der Waals surface area contributed by atoms with E-state index in [0.29, 0.717) is 13.1 Å². The Morgan fingerprint density at radius 3 is 2.79 bits per heavy atom. The third kappa shape index (κ3) is 4.33. The van der Waals surface area contributed by atoms with Gasteiger partial charge in [-0.25, -0.2) is 0 Å². The minimum atomic E-state index is -0.428. The number of nitro benzene ring substituents is 1. The molecule has 0 bridgehead atoms. The van der Waals surface area contributed by atoms with Gasteiger partial charge in [-0.2, -0.15) is 0 Å². The van der Waals surface area contributed by atoms with Crippen LogP contribution in [0.1, 0.15) is 19.4 Å². The number of hydrogen-bond acceptors (Lipinski definition) is 4. The molecule has 6 heteroatoms. The van der Waals surface area contributed by atoms with Gasteiger partial charge in [0.1, 0.15) is 0 Å². The van der Waals surface area contributed by atoms with Crippen LogP contribution in [0.25, 0.3) is 0 Å². The van der Waals surface area contributed by atoms with Gasteiger partial charge >= 0.3 is 0 Å². The van der Waals surface area contributed by atoms with Gasteiger partial charge in [-0.3, -0.25) is 14.9 Å². The average molecular weight is 265 g/mol. The fourth-order valence-electron chi connectivity index (χ4n) is 1.62. The molecule has 1 amide bonds. The second kappa shape index (κ2) is 6.84. The number of non-ortho nitro benzene ring substituents is 1. The maximum absolute atomic E-state index is 11.8. The molecular weight excluding hydrogens is 246 g/mol. The Hall–Kier alpha value is -1.95. The first-order valence-electron chi connectivity index (χ1n) is 6.17. The largest absolute Gasteiger partial charge is 0.345 e. The highest BCUT2D eigenvalue weighted by Gasteiger charge is 2.15. The Kier molecular flexibility index (Phi) is 5.44. The molecule has 1 rings (SSSR count). The van der Waals surface area contributed by atoms with Crippen molar-refractivity contribution < 1.29 is 9.72 Å². The summed E-state index contributed by atoms with van der Waals surface area (Å²) in [4.78, 5) is 23.7. The number of nitrogens with one attached hydrogen (secondary N) is 1. The Balaban J connectivity index is 2.59. The van der Waals surface area contributed by atoms with Crippen LogP contribution in [0.3, 0.4) is 0 Å². The number of nitro groups is 1. The first kappa shape index (κ1) is 15.1. The smallest absolute Gasteiger partial charge is 0.269 e. The molecule has 0 heterocycles. The first-order chi connectivity index (χ1) is 8.95. The number of carbonyl (C=O) groups excluding carboxylic acids is 1. The standard InChI is InChI=1S/C13H19N3O3/c1-4-15(3)13(17)10(2)14-9-11-6-5-7-12(8-11)16(18)19/h5-8,10,14H,4,9H2,1-3H3. The molecule has 1 N–H and O–H groups in total. The third-order valence-electron chi connectivity index (χ3n) is 2.95. The lowest BCUT2D eigenvalue weighted by Crippen LogP contribution is -2.42. The summed E-state index contributed by atoms with van der Waals surface area (Å²) in [5, 5.41) is 13.7. The molecule has 1 aromatic rings. The van der Waals surface area contributed by atoms with Gasteiger partial charge in [0.2, 0.25) is 5.91 Å². The molecule has 0 saturated heterocycles. The lowest BCUT2D eigenvalue weighted by atomic mass is 10.2. The lowest BCUT2D eigenvalue weighted by molar-refractivity contribution is -0.384. The summed E-state index contributed by atoms with van der Waals surface area (Å²) in [6, 6.07) is 6.07. The number of rotatable bonds is 6. The zero-order valence-corrected chi connectivity index (χ0v) is 11.4. The van der Waals surface area contributed by atoms with Crippen molar-refractivity contribution in [1.82, 2.24) is 10.2 Å². The van der Waals surface area contributed by atoms with Crippen LogP contribution in [0.15, 0.2) is 24.3 Å². The highest BCUT2D eigenvalue weighted by atomic mass is 16.6. The van der Waals surface area contributed by atoms with E-state index in [1.165, 1.54) is 12.1 Å². The molecule has 0 aromatic heterocycles. The number of likely N-dealkylation sites (N-methyl/N-ethyl adjacent to an activating group) is 1. The predicted octanol–water partition coefficient (Wildman–Crippen LogP) is 1.55. The van der Waals surface area contributed by atoms with Crippen molar-refractivity contribution in [3.05, 3.63) is 39.9 Å². The second-order valence-electron chi connectivity index (χ2n) is 4.38. The Morgan fingerprint density at radius 1 is 1.53 bits per heavy atom. The number of amides is 1. The normalized spacial score (nSPS) is 11.9. The van der Waals surface area contributed by atoms with E-state index in [1.807, 2.05) is 6.92 Å². The van der Waals surface area contributed by atoms with Crippen LogP contribution in [0.4, 0.5) is 5.69 Å². The summed E-state index contributed by atoms with van der Waals surface area (Å²) in [7, 11) is 1.74. The van der Waals surface area contributed by atoms with Crippen molar-refractivity contribution in [3.63, 3.8) is 0 Å². The number of carbonyl (C=O) groups is 1. The molecule has 0 aliphatic heterocycles. The van der Waals surface area contributed by atoms with Crippen molar-refractivity contribution in [2.24, 2.45) is 0 Å². The van der Waals surface area contributed by atoms with E-state index in [-0.39, 0.29) is 17.6 Å². The second-order valence-corrected chi connectivity index (χ2v) is 4.38. The van der Waals surface area contributed by atoms with Gasteiger partial charge in [0.05, 0.1) is 11.0 Å². The summed E-state index contributed by atoms with van der Waals surface area (Å²) in [6.45, 7) is 4.77. The van der Waals surface area contributed by atoms with E-state index in [1.54, 1.807) is 31.0 Å². The fraction of sp³-hybridized carbons (Fsp3) is 0.462. The number of hydrogen-bond donors (Lipinski definition) is 1. The molecule has 1 aromatic carbocycles. The minimum Gasteiger partial charge on any atom is -0.345 e. The quantitative estimate of drug-likeness (QED) is 0.625. The highest BCUT2D eigenvalue weighted by molar-refractivity contribution is 5.81. The Morgan fingerprint density at radius 2 is 2.21 bits per heavy atom. The van der Waals surface area contributed by atoms with E-state index in [2.05, 4.69) is 5.32 Å². The van der Waals surface area contributed by atoms with Gasteiger partial charge in [0.25, 0.3) is 5.69 Å². The van der Waals surface area contributed by atoms with E-state index >= 15 is 0 Å². The van der Waals surface area contributed by atoms with Gasteiger partial charge in [-0.05, 0) is 19.4 Å².